The molecule has 0 radical (unpaired) electrons. The maximum absolute atomic E-state index is 4.62. The van der Waals surface area contributed by atoms with Crippen LogP contribution in [-0.2, 0) is 0 Å². The Hall–Kier alpha value is -1.64. The van der Waals surface area contributed by atoms with E-state index in [9.17, 15) is 0 Å². The van der Waals surface area contributed by atoms with E-state index in [1.807, 2.05) is 59.9 Å². The molecule has 1 aromatic heterocycles. The molecular formula is C19H33N3. The van der Waals surface area contributed by atoms with Crippen molar-refractivity contribution in [1.29, 1.82) is 0 Å². The van der Waals surface area contributed by atoms with Crippen LogP contribution in [0.2, 0.25) is 0 Å². The highest BCUT2D eigenvalue weighted by Gasteiger charge is 2.18. The average molecular weight is 303 g/mol. The van der Waals surface area contributed by atoms with Crippen LogP contribution in [0.5, 0.6) is 0 Å². The molecule has 0 unspecified atom stereocenters. The Morgan fingerprint density at radius 1 is 1.23 bits per heavy atom. The van der Waals surface area contributed by atoms with E-state index in [0.717, 1.165) is 11.3 Å². The van der Waals surface area contributed by atoms with Crippen molar-refractivity contribution in [1.82, 2.24) is 9.97 Å². The zero-order chi connectivity index (χ0) is 17.0. The highest BCUT2D eigenvalue weighted by molar-refractivity contribution is 5.43. The minimum atomic E-state index is 0.618. The van der Waals surface area contributed by atoms with Gasteiger partial charge in [-0.25, -0.2) is 9.97 Å². The van der Waals surface area contributed by atoms with Crippen molar-refractivity contribution in [3.05, 3.63) is 41.9 Å². The number of hydrogen-bond donors (Lipinski definition) is 1. The molecule has 1 aromatic rings. The molecule has 0 aliphatic heterocycles. The van der Waals surface area contributed by atoms with E-state index >= 15 is 0 Å². The standard InChI is InChI=1S/C15H21N3.2C2H6/c1-4-13(11(2)3)17-15-16-10-9-14(18-15)12-7-5-6-8-12;2*1-2/h4,9-10,12H,2,5-8H2,1,3H3,(H,16,17,18);2*1-2H3/b13-4+;;. The number of rotatable bonds is 4. The molecule has 0 amide bonds. The molecule has 0 bridgehead atoms. The van der Waals surface area contributed by atoms with Gasteiger partial charge in [0.05, 0.1) is 0 Å². The third-order valence-electron chi connectivity index (χ3n) is 3.45. The lowest BCUT2D eigenvalue weighted by Crippen LogP contribution is -2.06. The van der Waals surface area contributed by atoms with Crippen LogP contribution in [0, 0.1) is 0 Å². The summed E-state index contributed by atoms with van der Waals surface area (Å²) in [4.78, 5) is 8.90. The summed E-state index contributed by atoms with van der Waals surface area (Å²) in [6.45, 7) is 15.9. The fourth-order valence-electron chi connectivity index (χ4n) is 2.43. The molecule has 3 heteroatoms. The second-order valence-corrected chi connectivity index (χ2v) is 4.89. The maximum atomic E-state index is 4.62. The Kier molecular flexibility index (Phi) is 11.1. The molecule has 22 heavy (non-hydrogen) atoms. The molecule has 124 valence electrons. The zero-order valence-corrected chi connectivity index (χ0v) is 15.2. The summed E-state index contributed by atoms with van der Waals surface area (Å²) >= 11 is 0. The van der Waals surface area contributed by atoms with Gasteiger partial charge in [0.2, 0.25) is 5.95 Å². The molecule has 0 spiro atoms. The van der Waals surface area contributed by atoms with Gasteiger partial charge in [-0.1, -0.05) is 53.2 Å². The van der Waals surface area contributed by atoms with Crippen LogP contribution >= 0.6 is 0 Å². The van der Waals surface area contributed by atoms with Gasteiger partial charge in [0, 0.05) is 23.5 Å². The summed E-state index contributed by atoms with van der Waals surface area (Å²) < 4.78 is 0. The normalized spacial score (nSPS) is 14.4. The van der Waals surface area contributed by atoms with Crippen molar-refractivity contribution < 1.29 is 0 Å². The van der Waals surface area contributed by atoms with Crippen LogP contribution in [0.1, 0.15) is 78.8 Å². The number of anilines is 1. The van der Waals surface area contributed by atoms with Gasteiger partial charge in [0.15, 0.2) is 0 Å². The summed E-state index contributed by atoms with van der Waals surface area (Å²) in [5.41, 5.74) is 3.15. The SMILES string of the molecule is C=C(C)/C(=C\C)Nc1nccc(C2CCCC2)n1.CC.CC. The first-order chi connectivity index (χ1) is 10.7. The first kappa shape index (κ1) is 20.4. The molecule has 0 atom stereocenters. The lowest BCUT2D eigenvalue weighted by atomic mass is 10.0. The van der Waals surface area contributed by atoms with Crippen LogP contribution in [-0.4, -0.2) is 9.97 Å². The number of hydrogen-bond acceptors (Lipinski definition) is 3. The molecule has 1 fully saturated rings. The highest BCUT2D eigenvalue weighted by atomic mass is 15.1. The summed E-state index contributed by atoms with van der Waals surface area (Å²) in [7, 11) is 0. The van der Waals surface area contributed by atoms with E-state index in [1.165, 1.54) is 31.4 Å². The van der Waals surface area contributed by atoms with Gasteiger partial charge in [-0.3, -0.25) is 0 Å². The third kappa shape index (κ3) is 6.42. The first-order valence-electron chi connectivity index (χ1n) is 8.63. The lowest BCUT2D eigenvalue weighted by Gasteiger charge is -2.12. The molecule has 0 aromatic carbocycles. The van der Waals surface area contributed by atoms with Crippen LogP contribution in [0.4, 0.5) is 5.95 Å². The van der Waals surface area contributed by atoms with E-state index < -0.39 is 0 Å². The third-order valence-corrected chi connectivity index (χ3v) is 3.45. The Morgan fingerprint density at radius 3 is 2.32 bits per heavy atom. The fourth-order valence-corrected chi connectivity index (χ4v) is 2.43. The zero-order valence-electron chi connectivity index (χ0n) is 15.2. The van der Waals surface area contributed by atoms with Crippen LogP contribution in [0.15, 0.2) is 36.2 Å². The molecule has 1 saturated carbocycles. The molecule has 1 aliphatic rings. The minimum absolute atomic E-state index is 0.618. The highest BCUT2D eigenvalue weighted by Crippen LogP contribution is 2.33. The van der Waals surface area contributed by atoms with Gasteiger partial charge >= 0.3 is 0 Å². The fraction of sp³-hybridized carbons (Fsp3) is 0.579. The van der Waals surface area contributed by atoms with Crippen molar-refractivity contribution >= 4 is 5.95 Å². The van der Waals surface area contributed by atoms with Crippen LogP contribution in [0.25, 0.3) is 0 Å². The molecule has 2 rings (SSSR count). The van der Waals surface area contributed by atoms with Gasteiger partial charge in [-0.05, 0) is 38.3 Å². The molecule has 1 heterocycles. The van der Waals surface area contributed by atoms with E-state index in [1.54, 1.807) is 0 Å². The second-order valence-electron chi connectivity index (χ2n) is 4.89. The number of allylic oxidation sites excluding steroid dienone is 2. The number of nitrogens with zero attached hydrogens (tertiary/aromatic N) is 2. The smallest absolute Gasteiger partial charge is 0.227 e. The summed E-state index contributed by atoms with van der Waals surface area (Å²) in [5.74, 6) is 1.29. The predicted molar refractivity (Wildman–Crippen MR) is 98.1 cm³/mol. The van der Waals surface area contributed by atoms with Gasteiger partial charge < -0.3 is 5.32 Å². The Labute approximate surface area is 137 Å². The van der Waals surface area contributed by atoms with E-state index in [0.29, 0.717) is 11.9 Å². The number of nitrogens with one attached hydrogen (secondary N) is 1. The van der Waals surface area contributed by atoms with Crippen LogP contribution < -0.4 is 5.32 Å². The maximum Gasteiger partial charge on any atom is 0.227 e. The van der Waals surface area contributed by atoms with Gasteiger partial charge in [0.25, 0.3) is 0 Å². The quantitative estimate of drug-likeness (QED) is 0.685. The van der Waals surface area contributed by atoms with Gasteiger partial charge in [-0.2, -0.15) is 0 Å². The van der Waals surface area contributed by atoms with Crippen molar-refractivity contribution in [2.75, 3.05) is 5.32 Å². The molecule has 1 N–H and O–H groups in total. The molecular weight excluding hydrogens is 270 g/mol. The summed E-state index contributed by atoms with van der Waals surface area (Å²) in [6, 6.07) is 2.04. The average Bonchev–Trinajstić information content (AvgIpc) is 3.11. The topological polar surface area (TPSA) is 37.8 Å². The van der Waals surface area contributed by atoms with Gasteiger partial charge in [0.1, 0.15) is 0 Å². The van der Waals surface area contributed by atoms with E-state index in [4.69, 9.17) is 0 Å². The van der Waals surface area contributed by atoms with Gasteiger partial charge in [-0.15, -0.1) is 0 Å². The predicted octanol–water partition coefficient (Wildman–Crippen LogP) is 6.08. The van der Waals surface area contributed by atoms with Crippen molar-refractivity contribution in [2.45, 2.75) is 73.1 Å². The lowest BCUT2D eigenvalue weighted by molar-refractivity contribution is 0.695. The largest absolute Gasteiger partial charge is 0.324 e. The summed E-state index contributed by atoms with van der Waals surface area (Å²) in [5, 5.41) is 3.23. The monoisotopic (exact) mass is 303 g/mol. The van der Waals surface area contributed by atoms with Crippen LogP contribution in [0.3, 0.4) is 0 Å². The first-order valence-corrected chi connectivity index (χ1v) is 8.63. The number of aromatic nitrogens is 2. The van der Waals surface area contributed by atoms with Crippen molar-refractivity contribution in [2.24, 2.45) is 0 Å². The van der Waals surface area contributed by atoms with Crippen molar-refractivity contribution in [3.8, 4) is 0 Å². The Bertz CT molecular complexity index is 458. The van der Waals surface area contributed by atoms with Crippen molar-refractivity contribution in [3.63, 3.8) is 0 Å². The van der Waals surface area contributed by atoms with E-state index in [2.05, 4.69) is 21.9 Å². The molecule has 3 nitrogen and oxygen atoms in total. The molecule has 0 saturated heterocycles. The Morgan fingerprint density at radius 2 is 1.82 bits per heavy atom. The second kappa shape index (κ2) is 12.0. The minimum Gasteiger partial charge on any atom is -0.324 e. The summed E-state index contributed by atoms with van der Waals surface area (Å²) in [6.07, 6.45) is 9.00. The Balaban J connectivity index is 0.00000102. The molecule has 1 aliphatic carbocycles. The van der Waals surface area contributed by atoms with E-state index in [-0.39, 0.29) is 0 Å².